The molecule has 1 aromatic rings. The Kier molecular flexibility index (Phi) is 4.41. The Bertz CT molecular complexity index is 487. The molecule has 0 bridgehead atoms. The third-order valence-corrected chi connectivity index (χ3v) is 3.12. The van der Waals surface area contributed by atoms with Crippen molar-refractivity contribution in [2.24, 2.45) is 0 Å². The van der Waals surface area contributed by atoms with Crippen LogP contribution < -0.4 is 0 Å². The van der Waals surface area contributed by atoms with Crippen LogP contribution in [-0.4, -0.2) is 10.2 Å². The number of benzene rings is 1. The Hall–Kier alpha value is -1.44. The summed E-state index contributed by atoms with van der Waals surface area (Å²) in [5, 5.41) is 17.7. The molecule has 0 spiro atoms. The van der Waals surface area contributed by atoms with E-state index < -0.39 is 5.12 Å². The van der Waals surface area contributed by atoms with Crippen LogP contribution in [0.1, 0.15) is 6.92 Å². The molecule has 0 heterocycles. The van der Waals surface area contributed by atoms with Gasteiger partial charge in [0.1, 0.15) is 17.4 Å². The average molecular weight is 254 g/mol. The van der Waals surface area contributed by atoms with Gasteiger partial charge in [-0.15, -0.1) is 0 Å². The summed E-state index contributed by atoms with van der Waals surface area (Å²) in [6.07, 6.45) is 0. The van der Waals surface area contributed by atoms with Gasteiger partial charge in [-0.25, -0.2) is 0 Å². The summed E-state index contributed by atoms with van der Waals surface area (Å²) in [5.41, 5.74) is -0.259. The number of nitriles is 1. The highest BCUT2D eigenvalue weighted by molar-refractivity contribution is 8.14. The Morgan fingerprint density at radius 2 is 2.12 bits per heavy atom. The summed E-state index contributed by atoms with van der Waals surface area (Å²) in [7, 11) is 0. The van der Waals surface area contributed by atoms with Crippen molar-refractivity contribution in [1.29, 1.82) is 5.26 Å². The summed E-state index contributed by atoms with van der Waals surface area (Å²) >= 11 is 6.68. The van der Waals surface area contributed by atoms with Crippen LogP contribution in [0.15, 0.2) is 40.5 Å². The third kappa shape index (κ3) is 3.02. The SMILES string of the molecule is C/C(O)=C(\C#N)C(=O)Sc1ccccc1Cl. The number of rotatable bonds is 2. The number of halogens is 1. The molecule has 0 unspecified atom stereocenters. The largest absolute Gasteiger partial charge is 0.511 e. The highest BCUT2D eigenvalue weighted by Gasteiger charge is 2.15. The highest BCUT2D eigenvalue weighted by atomic mass is 35.5. The van der Waals surface area contributed by atoms with E-state index in [1.807, 2.05) is 0 Å². The molecule has 0 aliphatic carbocycles. The molecule has 0 fully saturated rings. The van der Waals surface area contributed by atoms with Gasteiger partial charge in [-0.2, -0.15) is 5.26 Å². The van der Waals surface area contributed by atoms with E-state index in [0.717, 1.165) is 11.8 Å². The van der Waals surface area contributed by atoms with Crippen molar-refractivity contribution in [3.63, 3.8) is 0 Å². The van der Waals surface area contributed by atoms with Gasteiger partial charge >= 0.3 is 0 Å². The number of aliphatic hydroxyl groups excluding tert-OH is 1. The number of carbonyl (C=O) groups is 1. The molecule has 1 aromatic carbocycles. The van der Waals surface area contributed by atoms with Crippen LogP contribution in [0.3, 0.4) is 0 Å². The molecule has 3 nitrogen and oxygen atoms in total. The van der Waals surface area contributed by atoms with Gasteiger partial charge in [0, 0.05) is 4.90 Å². The molecule has 0 radical (unpaired) electrons. The van der Waals surface area contributed by atoms with E-state index in [9.17, 15) is 4.79 Å². The fourth-order valence-corrected chi connectivity index (χ4v) is 2.01. The second-order valence-electron chi connectivity index (χ2n) is 2.89. The maximum atomic E-state index is 11.6. The number of carbonyl (C=O) groups excluding carboxylic acids is 1. The van der Waals surface area contributed by atoms with E-state index in [-0.39, 0.29) is 11.3 Å². The number of nitrogens with zero attached hydrogens (tertiary/aromatic N) is 1. The number of aliphatic hydroxyl groups is 1. The lowest BCUT2D eigenvalue weighted by atomic mass is 10.3. The van der Waals surface area contributed by atoms with E-state index in [0.29, 0.717) is 9.92 Å². The predicted molar refractivity (Wildman–Crippen MR) is 63.3 cm³/mol. The van der Waals surface area contributed by atoms with E-state index in [4.69, 9.17) is 22.0 Å². The van der Waals surface area contributed by atoms with Gasteiger partial charge in [0.05, 0.1) is 5.02 Å². The van der Waals surface area contributed by atoms with Gasteiger partial charge in [-0.3, -0.25) is 4.79 Å². The fourth-order valence-electron chi connectivity index (χ4n) is 0.953. The zero-order valence-corrected chi connectivity index (χ0v) is 9.97. The second kappa shape index (κ2) is 5.59. The Balaban J connectivity index is 2.93. The van der Waals surface area contributed by atoms with E-state index in [2.05, 4.69) is 0 Å². The van der Waals surface area contributed by atoms with Crippen molar-refractivity contribution in [1.82, 2.24) is 0 Å². The zero-order valence-electron chi connectivity index (χ0n) is 8.40. The summed E-state index contributed by atoms with van der Waals surface area (Å²) in [5.74, 6) is -0.285. The Labute approximate surface area is 102 Å². The van der Waals surface area contributed by atoms with Crippen molar-refractivity contribution in [2.45, 2.75) is 11.8 Å². The first-order valence-corrected chi connectivity index (χ1v) is 5.52. The summed E-state index contributed by atoms with van der Waals surface area (Å²) in [6, 6.07) is 8.47. The number of hydrogen-bond acceptors (Lipinski definition) is 4. The normalized spacial score (nSPS) is 11.6. The summed E-state index contributed by atoms with van der Waals surface area (Å²) in [4.78, 5) is 12.2. The number of hydrogen-bond donors (Lipinski definition) is 1. The smallest absolute Gasteiger partial charge is 0.238 e. The molecule has 0 aliphatic rings. The van der Waals surface area contributed by atoms with Gasteiger partial charge in [0.2, 0.25) is 5.12 Å². The molecule has 82 valence electrons. The molecule has 0 saturated carbocycles. The van der Waals surface area contributed by atoms with Crippen LogP contribution >= 0.6 is 23.4 Å². The lowest BCUT2D eigenvalue weighted by molar-refractivity contribution is -0.107. The Morgan fingerprint density at radius 3 is 2.62 bits per heavy atom. The quantitative estimate of drug-likeness (QED) is 0.380. The van der Waals surface area contributed by atoms with Crippen molar-refractivity contribution in [2.75, 3.05) is 0 Å². The molecule has 0 aliphatic heterocycles. The van der Waals surface area contributed by atoms with E-state index in [1.54, 1.807) is 30.3 Å². The summed E-state index contributed by atoms with van der Waals surface area (Å²) < 4.78 is 0. The molecule has 16 heavy (non-hydrogen) atoms. The monoisotopic (exact) mass is 253 g/mol. The predicted octanol–water partition coefficient (Wildman–Crippen LogP) is 3.31. The van der Waals surface area contributed by atoms with Crippen molar-refractivity contribution in [3.05, 3.63) is 40.6 Å². The first-order chi connectivity index (χ1) is 7.56. The molecule has 0 aromatic heterocycles. The van der Waals surface area contributed by atoms with Gasteiger partial charge in [0.15, 0.2) is 0 Å². The average Bonchev–Trinajstić information content (AvgIpc) is 2.22. The highest BCUT2D eigenvalue weighted by Crippen LogP contribution is 2.29. The van der Waals surface area contributed by atoms with Crippen molar-refractivity contribution >= 4 is 28.5 Å². The lowest BCUT2D eigenvalue weighted by Gasteiger charge is -2.02. The topological polar surface area (TPSA) is 61.1 Å². The molecule has 1 rings (SSSR count). The number of thioether (sulfide) groups is 1. The first kappa shape index (κ1) is 12.6. The van der Waals surface area contributed by atoms with Crippen LogP contribution in [0.2, 0.25) is 5.02 Å². The van der Waals surface area contributed by atoms with Crippen molar-refractivity contribution < 1.29 is 9.90 Å². The van der Waals surface area contributed by atoms with Gasteiger partial charge < -0.3 is 5.11 Å². The standard InChI is InChI=1S/C11H8ClNO2S/c1-7(14)8(6-13)11(15)16-10-5-3-2-4-9(10)12/h2-5,14H,1H3/b8-7-. The maximum Gasteiger partial charge on any atom is 0.238 e. The molecule has 0 saturated heterocycles. The molecular weight excluding hydrogens is 246 g/mol. The Morgan fingerprint density at radius 1 is 1.50 bits per heavy atom. The molecule has 5 heteroatoms. The number of allylic oxidation sites excluding steroid dienone is 1. The summed E-state index contributed by atoms with van der Waals surface area (Å²) in [6.45, 7) is 1.30. The third-order valence-electron chi connectivity index (χ3n) is 1.72. The van der Waals surface area contributed by atoms with Crippen LogP contribution in [0, 0.1) is 11.3 Å². The first-order valence-electron chi connectivity index (χ1n) is 4.33. The molecule has 0 amide bonds. The fraction of sp³-hybridized carbons (Fsp3) is 0.0909. The van der Waals surface area contributed by atoms with E-state index in [1.165, 1.54) is 6.92 Å². The minimum Gasteiger partial charge on any atom is -0.511 e. The lowest BCUT2D eigenvalue weighted by Crippen LogP contribution is -1.98. The molecule has 0 atom stereocenters. The van der Waals surface area contributed by atoms with Gasteiger partial charge in [0.25, 0.3) is 0 Å². The van der Waals surface area contributed by atoms with Gasteiger partial charge in [-0.05, 0) is 30.8 Å². The van der Waals surface area contributed by atoms with Crippen LogP contribution in [0.4, 0.5) is 0 Å². The molecule has 1 N–H and O–H groups in total. The zero-order chi connectivity index (χ0) is 12.1. The molecular formula is C11H8ClNO2S. The van der Waals surface area contributed by atoms with Crippen molar-refractivity contribution in [3.8, 4) is 6.07 Å². The van der Waals surface area contributed by atoms with Crippen LogP contribution in [-0.2, 0) is 4.79 Å². The maximum absolute atomic E-state index is 11.6. The van der Waals surface area contributed by atoms with Crippen LogP contribution in [0.25, 0.3) is 0 Å². The minimum atomic E-state index is -0.518. The van der Waals surface area contributed by atoms with E-state index >= 15 is 0 Å². The second-order valence-corrected chi connectivity index (χ2v) is 4.31. The van der Waals surface area contributed by atoms with Crippen LogP contribution in [0.5, 0.6) is 0 Å². The minimum absolute atomic E-state index is 0.259. The van der Waals surface area contributed by atoms with Gasteiger partial charge in [-0.1, -0.05) is 23.7 Å².